The Morgan fingerprint density at radius 1 is 1.21 bits per heavy atom. The molecular formula is C19H20N2O3. The molecule has 5 nitrogen and oxygen atoms in total. The van der Waals surface area contributed by atoms with Crippen LogP contribution in [0.2, 0.25) is 0 Å². The van der Waals surface area contributed by atoms with Crippen molar-refractivity contribution in [3.8, 4) is 11.8 Å². The Bertz CT molecular complexity index is 718. The maximum absolute atomic E-state index is 12.0. The molecule has 0 heterocycles. The highest BCUT2D eigenvalue weighted by molar-refractivity contribution is 5.84. The first-order valence-electron chi connectivity index (χ1n) is 7.70. The largest absolute Gasteiger partial charge is 0.497 e. The fraction of sp³-hybridized carbons (Fsp3) is 0.263. The van der Waals surface area contributed by atoms with Crippen molar-refractivity contribution in [2.45, 2.75) is 25.5 Å². The standard InChI is InChI=1S/C19H20N2O3/c1-3-17(22)19(23)18(14-6-4-13(12-20)5-7-14)21-15-8-10-16(24-2)11-9-15/h4-11,18-19,21,23H,3H2,1-2H3/t18-,19+/m1/s1. The molecule has 0 aliphatic rings. The summed E-state index contributed by atoms with van der Waals surface area (Å²) >= 11 is 0. The SMILES string of the molecule is CCC(=O)[C@H](O)[C@H](Nc1ccc(OC)cc1)c1ccc(C#N)cc1. The topological polar surface area (TPSA) is 82.3 Å². The van der Waals surface area contributed by atoms with Crippen LogP contribution in [-0.4, -0.2) is 24.1 Å². The summed E-state index contributed by atoms with van der Waals surface area (Å²) in [6, 6.07) is 15.5. The number of benzene rings is 2. The fourth-order valence-corrected chi connectivity index (χ4v) is 2.37. The predicted molar refractivity (Wildman–Crippen MR) is 91.8 cm³/mol. The number of carbonyl (C=O) groups is 1. The number of nitrogens with one attached hydrogen (secondary N) is 1. The fourth-order valence-electron chi connectivity index (χ4n) is 2.37. The zero-order chi connectivity index (χ0) is 17.5. The van der Waals surface area contributed by atoms with Gasteiger partial charge in [0.15, 0.2) is 5.78 Å². The van der Waals surface area contributed by atoms with Gasteiger partial charge in [0.1, 0.15) is 11.9 Å². The average molecular weight is 324 g/mol. The molecule has 0 spiro atoms. The van der Waals surface area contributed by atoms with Crippen LogP contribution in [0.5, 0.6) is 5.75 Å². The van der Waals surface area contributed by atoms with Gasteiger partial charge in [-0.05, 0) is 42.0 Å². The van der Waals surface area contributed by atoms with Crippen molar-refractivity contribution in [1.82, 2.24) is 0 Å². The highest BCUT2D eigenvalue weighted by Gasteiger charge is 2.26. The van der Waals surface area contributed by atoms with Gasteiger partial charge < -0.3 is 15.2 Å². The quantitative estimate of drug-likeness (QED) is 0.818. The Morgan fingerprint density at radius 3 is 2.33 bits per heavy atom. The minimum Gasteiger partial charge on any atom is -0.497 e. The summed E-state index contributed by atoms with van der Waals surface area (Å²) < 4.78 is 5.13. The molecule has 2 atom stereocenters. The van der Waals surface area contributed by atoms with Gasteiger partial charge in [0.05, 0.1) is 24.8 Å². The van der Waals surface area contributed by atoms with E-state index < -0.39 is 12.1 Å². The lowest BCUT2D eigenvalue weighted by Crippen LogP contribution is -2.32. The molecule has 0 aromatic heterocycles. The van der Waals surface area contributed by atoms with E-state index >= 15 is 0 Å². The molecule has 0 unspecified atom stereocenters. The van der Waals surface area contributed by atoms with Crippen LogP contribution in [0.4, 0.5) is 5.69 Å². The second-order valence-electron chi connectivity index (χ2n) is 5.35. The number of nitrogens with zero attached hydrogens (tertiary/aromatic N) is 1. The lowest BCUT2D eigenvalue weighted by atomic mass is 9.96. The molecule has 0 radical (unpaired) electrons. The van der Waals surface area contributed by atoms with Crippen molar-refractivity contribution in [3.63, 3.8) is 0 Å². The van der Waals surface area contributed by atoms with Crippen molar-refractivity contribution in [2.75, 3.05) is 12.4 Å². The summed E-state index contributed by atoms with van der Waals surface area (Å²) in [5, 5.41) is 22.5. The maximum atomic E-state index is 12.0. The molecule has 24 heavy (non-hydrogen) atoms. The number of ether oxygens (including phenoxy) is 1. The van der Waals surface area contributed by atoms with Crippen LogP contribution in [0, 0.1) is 11.3 Å². The lowest BCUT2D eigenvalue weighted by molar-refractivity contribution is -0.127. The monoisotopic (exact) mass is 324 g/mol. The molecule has 0 saturated carbocycles. The molecule has 2 aromatic rings. The number of aliphatic hydroxyl groups is 1. The van der Waals surface area contributed by atoms with Gasteiger partial charge in [-0.25, -0.2) is 0 Å². The van der Waals surface area contributed by atoms with Gasteiger partial charge in [-0.2, -0.15) is 5.26 Å². The minimum atomic E-state index is -1.18. The van der Waals surface area contributed by atoms with Crippen LogP contribution in [0.3, 0.4) is 0 Å². The molecular weight excluding hydrogens is 304 g/mol. The van der Waals surface area contributed by atoms with Gasteiger partial charge in [0.25, 0.3) is 0 Å². The van der Waals surface area contributed by atoms with Crippen LogP contribution in [-0.2, 0) is 4.79 Å². The predicted octanol–water partition coefficient (Wildman–Crippen LogP) is 3.06. The molecule has 2 rings (SSSR count). The van der Waals surface area contributed by atoms with E-state index in [0.29, 0.717) is 5.56 Å². The average Bonchev–Trinajstić information content (AvgIpc) is 2.65. The van der Waals surface area contributed by atoms with Gasteiger partial charge in [-0.1, -0.05) is 19.1 Å². The number of hydrogen-bond acceptors (Lipinski definition) is 5. The highest BCUT2D eigenvalue weighted by atomic mass is 16.5. The van der Waals surface area contributed by atoms with E-state index in [1.807, 2.05) is 12.1 Å². The smallest absolute Gasteiger partial charge is 0.163 e. The summed E-state index contributed by atoms with van der Waals surface area (Å²) in [6.45, 7) is 1.72. The van der Waals surface area contributed by atoms with Gasteiger partial charge >= 0.3 is 0 Å². The van der Waals surface area contributed by atoms with Crippen LogP contribution in [0.25, 0.3) is 0 Å². The van der Waals surface area contributed by atoms with Gasteiger partial charge in [0, 0.05) is 12.1 Å². The molecule has 0 bridgehead atoms. The molecule has 0 saturated heterocycles. The van der Waals surface area contributed by atoms with Crippen molar-refractivity contribution in [2.24, 2.45) is 0 Å². The maximum Gasteiger partial charge on any atom is 0.163 e. The van der Waals surface area contributed by atoms with Gasteiger partial charge in [-0.3, -0.25) is 4.79 Å². The van der Waals surface area contributed by atoms with E-state index in [-0.39, 0.29) is 12.2 Å². The summed E-state index contributed by atoms with van der Waals surface area (Å²) in [4.78, 5) is 12.0. The van der Waals surface area contributed by atoms with Crippen LogP contribution in [0.1, 0.15) is 30.5 Å². The summed E-state index contributed by atoms with van der Waals surface area (Å²) in [5.74, 6) is 0.478. The Kier molecular flexibility index (Phi) is 5.94. The highest BCUT2D eigenvalue weighted by Crippen LogP contribution is 2.25. The minimum absolute atomic E-state index is 0.245. The normalized spacial score (nSPS) is 12.8. The first kappa shape index (κ1) is 17.5. The summed E-state index contributed by atoms with van der Waals surface area (Å²) in [7, 11) is 1.59. The molecule has 0 amide bonds. The Hall–Kier alpha value is -2.84. The van der Waals surface area contributed by atoms with E-state index in [1.165, 1.54) is 0 Å². The zero-order valence-corrected chi connectivity index (χ0v) is 13.7. The number of carbonyl (C=O) groups excluding carboxylic acids is 1. The van der Waals surface area contributed by atoms with Crippen LogP contribution < -0.4 is 10.1 Å². The number of ketones is 1. The van der Waals surface area contributed by atoms with E-state index in [1.54, 1.807) is 50.4 Å². The number of anilines is 1. The zero-order valence-electron chi connectivity index (χ0n) is 13.7. The number of aliphatic hydroxyl groups excluding tert-OH is 1. The lowest BCUT2D eigenvalue weighted by Gasteiger charge is -2.25. The second-order valence-corrected chi connectivity index (χ2v) is 5.35. The van der Waals surface area contributed by atoms with E-state index in [9.17, 15) is 9.90 Å². The van der Waals surface area contributed by atoms with Crippen LogP contribution >= 0.6 is 0 Å². The molecule has 124 valence electrons. The third-order valence-corrected chi connectivity index (χ3v) is 3.81. The molecule has 0 aliphatic carbocycles. The number of Topliss-reactive ketones (excluding diaryl/α,β-unsaturated/α-hetero) is 1. The van der Waals surface area contributed by atoms with E-state index in [4.69, 9.17) is 10.00 Å². The Labute approximate surface area is 141 Å². The number of methoxy groups -OCH3 is 1. The number of nitriles is 1. The second kappa shape index (κ2) is 8.14. The molecule has 2 aromatic carbocycles. The summed E-state index contributed by atoms with van der Waals surface area (Å²) in [6.07, 6.45) is -0.928. The van der Waals surface area contributed by atoms with Crippen molar-refractivity contribution >= 4 is 11.5 Å². The number of rotatable bonds is 7. The van der Waals surface area contributed by atoms with Crippen molar-refractivity contribution < 1.29 is 14.6 Å². The van der Waals surface area contributed by atoms with E-state index in [2.05, 4.69) is 11.4 Å². The molecule has 2 N–H and O–H groups in total. The summed E-state index contributed by atoms with van der Waals surface area (Å²) in [5.41, 5.74) is 2.02. The van der Waals surface area contributed by atoms with Gasteiger partial charge in [-0.15, -0.1) is 0 Å². The Morgan fingerprint density at radius 2 is 1.83 bits per heavy atom. The molecule has 0 aliphatic heterocycles. The van der Waals surface area contributed by atoms with Crippen molar-refractivity contribution in [3.05, 3.63) is 59.7 Å². The molecule has 5 heteroatoms. The van der Waals surface area contributed by atoms with E-state index in [0.717, 1.165) is 17.0 Å². The van der Waals surface area contributed by atoms with Crippen molar-refractivity contribution in [1.29, 1.82) is 5.26 Å². The van der Waals surface area contributed by atoms with Crippen LogP contribution in [0.15, 0.2) is 48.5 Å². The third-order valence-electron chi connectivity index (χ3n) is 3.81. The first-order valence-corrected chi connectivity index (χ1v) is 7.70. The third kappa shape index (κ3) is 4.12. The number of hydrogen-bond donors (Lipinski definition) is 2. The Balaban J connectivity index is 2.30. The molecule has 0 fully saturated rings. The van der Waals surface area contributed by atoms with Gasteiger partial charge in [0.2, 0.25) is 0 Å². The first-order chi connectivity index (χ1) is 11.6.